The first kappa shape index (κ1) is 16.5. The molecule has 2 aromatic rings. The molecule has 0 aliphatic heterocycles. The predicted octanol–water partition coefficient (Wildman–Crippen LogP) is 4.25. The number of furan rings is 1. The van der Waals surface area contributed by atoms with Crippen molar-refractivity contribution in [2.24, 2.45) is 5.92 Å². The molecule has 0 radical (unpaired) electrons. The van der Waals surface area contributed by atoms with E-state index < -0.39 is 11.9 Å². The maximum absolute atomic E-state index is 12.6. The summed E-state index contributed by atoms with van der Waals surface area (Å²) in [7, 11) is 0. The summed E-state index contributed by atoms with van der Waals surface area (Å²) in [5.74, 6) is -1.32. The van der Waals surface area contributed by atoms with Crippen LogP contribution < -0.4 is 0 Å². The molecule has 1 aliphatic rings. The number of hydrogen-bond donors (Lipinski definition) is 0. The monoisotopic (exact) mass is 344 g/mol. The SMILES string of the molecule is CCOC(=O)[C@H]1C(=O)C=C(c2ccco2)C[C@H]1c1cccc(Cl)c1. The molecular weight excluding hydrogens is 328 g/mol. The molecule has 1 aliphatic carbocycles. The third kappa shape index (κ3) is 3.29. The quantitative estimate of drug-likeness (QED) is 0.614. The number of ether oxygens (including phenoxy) is 1. The maximum atomic E-state index is 12.6. The van der Waals surface area contributed by atoms with Gasteiger partial charge in [0.15, 0.2) is 5.78 Å². The largest absolute Gasteiger partial charge is 0.465 e. The average molecular weight is 345 g/mol. The minimum atomic E-state index is -0.859. The smallest absolute Gasteiger partial charge is 0.317 e. The number of rotatable bonds is 4. The number of ketones is 1. The molecule has 0 amide bonds. The Morgan fingerprint density at radius 3 is 2.83 bits per heavy atom. The van der Waals surface area contributed by atoms with Crippen LogP contribution >= 0.6 is 11.6 Å². The Bertz CT molecular complexity index is 776. The Hall–Kier alpha value is -2.33. The maximum Gasteiger partial charge on any atom is 0.317 e. The molecule has 5 heteroatoms. The van der Waals surface area contributed by atoms with Crippen LogP contribution in [0.1, 0.15) is 30.6 Å². The van der Waals surface area contributed by atoms with Gasteiger partial charge in [-0.3, -0.25) is 9.59 Å². The minimum absolute atomic E-state index is 0.236. The predicted molar refractivity (Wildman–Crippen MR) is 90.6 cm³/mol. The second-order valence-corrected chi connectivity index (χ2v) is 6.08. The van der Waals surface area contributed by atoms with E-state index in [1.165, 1.54) is 6.08 Å². The van der Waals surface area contributed by atoms with Gasteiger partial charge in [-0.15, -0.1) is 0 Å². The van der Waals surface area contributed by atoms with Gasteiger partial charge in [0.1, 0.15) is 11.7 Å². The summed E-state index contributed by atoms with van der Waals surface area (Å²) in [6.07, 6.45) is 3.55. The highest BCUT2D eigenvalue weighted by atomic mass is 35.5. The van der Waals surface area contributed by atoms with Crippen molar-refractivity contribution in [3.8, 4) is 0 Å². The van der Waals surface area contributed by atoms with Crippen molar-refractivity contribution in [3.05, 3.63) is 65.1 Å². The number of esters is 1. The van der Waals surface area contributed by atoms with E-state index in [0.717, 1.165) is 11.1 Å². The number of carbonyl (C=O) groups is 2. The standard InChI is InChI=1S/C19H17ClO4/c1-2-23-19(22)18-15(12-5-3-6-14(20)9-12)10-13(11-16(18)21)17-7-4-8-24-17/h3-9,11,15,18H,2,10H2,1H3/t15-,18+/m0/s1. The molecular formula is C19H17ClO4. The second kappa shape index (κ2) is 7.05. The molecule has 1 heterocycles. The van der Waals surface area contributed by atoms with Crippen molar-refractivity contribution in [1.82, 2.24) is 0 Å². The fourth-order valence-corrected chi connectivity index (χ4v) is 3.27. The second-order valence-electron chi connectivity index (χ2n) is 5.64. The molecule has 3 rings (SSSR count). The average Bonchev–Trinajstić information content (AvgIpc) is 3.08. The molecule has 0 fully saturated rings. The van der Waals surface area contributed by atoms with Gasteiger partial charge in [0.05, 0.1) is 12.9 Å². The normalized spacial score (nSPS) is 20.6. The van der Waals surface area contributed by atoms with Crippen LogP contribution in [0.15, 0.2) is 53.2 Å². The van der Waals surface area contributed by atoms with E-state index in [1.54, 1.807) is 37.5 Å². The van der Waals surface area contributed by atoms with E-state index in [-0.39, 0.29) is 18.3 Å². The van der Waals surface area contributed by atoms with Gasteiger partial charge in [0.25, 0.3) is 0 Å². The number of hydrogen-bond acceptors (Lipinski definition) is 4. The van der Waals surface area contributed by atoms with Gasteiger partial charge in [-0.25, -0.2) is 0 Å². The van der Waals surface area contributed by atoms with E-state index in [2.05, 4.69) is 0 Å². The van der Waals surface area contributed by atoms with Crippen molar-refractivity contribution >= 4 is 28.9 Å². The zero-order chi connectivity index (χ0) is 17.1. The highest BCUT2D eigenvalue weighted by Gasteiger charge is 2.40. The fraction of sp³-hybridized carbons (Fsp3) is 0.263. The van der Waals surface area contributed by atoms with Gasteiger partial charge in [0, 0.05) is 10.9 Å². The van der Waals surface area contributed by atoms with Crippen molar-refractivity contribution < 1.29 is 18.7 Å². The van der Waals surface area contributed by atoms with Gasteiger partial charge in [0.2, 0.25) is 0 Å². The molecule has 4 nitrogen and oxygen atoms in total. The van der Waals surface area contributed by atoms with E-state index in [0.29, 0.717) is 17.2 Å². The zero-order valence-electron chi connectivity index (χ0n) is 13.2. The number of halogens is 1. The molecule has 0 saturated carbocycles. The van der Waals surface area contributed by atoms with Crippen molar-refractivity contribution in [2.75, 3.05) is 6.61 Å². The van der Waals surface area contributed by atoms with Crippen LogP contribution in [0.3, 0.4) is 0 Å². The minimum Gasteiger partial charge on any atom is -0.465 e. The van der Waals surface area contributed by atoms with E-state index >= 15 is 0 Å². The van der Waals surface area contributed by atoms with Crippen molar-refractivity contribution in [3.63, 3.8) is 0 Å². The van der Waals surface area contributed by atoms with Gasteiger partial charge < -0.3 is 9.15 Å². The molecule has 0 spiro atoms. The summed E-state index contributed by atoms with van der Waals surface area (Å²) in [5.41, 5.74) is 1.61. The van der Waals surface area contributed by atoms with E-state index in [1.807, 2.05) is 12.1 Å². The summed E-state index contributed by atoms with van der Waals surface area (Å²) in [5, 5.41) is 0.566. The Labute approximate surface area is 145 Å². The Balaban J connectivity index is 2.02. The molecule has 0 bridgehead atoms. The molecule has 24 heavy (non-hydrogen) atoms. The Morgan fingerprint density at radius 1 is 1.33 bits per heavy atom. The molecule has 0 saturated heterocycles. The van der Waals surface area contributed by atoms with Crippen LogP contribution in [0.5, 0.6) is 0 Å². The third-order valence-electron chi connectivity index (χ3n) is 4.12. The fourth-order valence-electron chi connectivity index (χ4n) is 3.07. The van der Waals surface area contributed by atoms with Gasteiger partial charge in [-0.05, 0) is 54.8 Å². The molecule has 1 aromatic heterocycles. The van der Waals surface area contributed by atoms with Crippen LogP contribution in [0.25, 0.3) is 5.57 Å². The summed E-state index contributed by atoms with van der Waals surface area (Å²) in [4.78, 5) is 25.0. The summed E-state index contributed by atoms with van der Waals surface area (Å²) in [6.45, 7) is 1.96. The number of carbonyl (C=O) groups excluding carboxylic acids is 2. The molecule has 0 N–H and O–H groups in total. The molecule has 124 valence electrons. The van der Waals surface area contributed by atoms with Crippen molar-refractivity contribution in [1.29, 1.82) is 0 Å². The Kier molecular flexibility index (Phi) is 4.86. The number of allylic oxidation sites excluding steroid dienone is 2. The summed E-state index contributed by atoms with van der Waals surface area (Å²) >= 11 is 6.09. The van der Waals surface area contributed by atoms with Crippen LogP contribution in [0.2, 0.25) is 5.02 Å². The highest BCUT2D eigenvalue weighted by Crippen LogP contribution is 2.40. The van der Waals surface area contributed by atoms with Gasteiger partial charge in [-0.1, -0.05) is 23.7 Å². The van der Waals surface area contributed by atoms with Gasteiger partial charge in [-0.2, -0.15) is 0 Å². The van der Waals surface area contributed by atoms with Crippen LogP contribution in [0.4, 0.5) is 0 Å². The van der Waals surface area contributed by atoms with Crippen LogP contribution in [-0.2, 0) is 14.3 Å². The zero-order valence-corrected chi connectivity index (χ0v) is 14.0. The van der Waals surface area contributed by atoms with E-state index in [9.17, 15) is 9.59 Å². The molecule has 1 aromatic carbocycles. The van der Waals surface area contributed by atoms with Gasteiger partial charge >= 0.3 is 5.97 Å². The lowest BCUT2D eigenvalue weighted by atomic mass is 9.74. The van der Waals surface area contributed by atoms with Crippen molar-refractivity contribution in [2.45, 2.75) is 19.3 Å². The first-order chi connectivity index (χ1) is 11.6. The topological polar surface area (TPSA) is 56.5 Å². The Morgan fingerprint density at radius 2 is 2.17 bits per heavy atom. The molecule has 2 atom stereocenters. The highest BCUT2D eigenvalue weighted by molar-refractivity contribution is 6.30. The summed E-state index contributed by atoms with van der Waals surface area (Å²) < 4.78 is 10.5. The van der Waals surface area contributed by atoms with E-state index in [4.69, 9.17) is 20.8 Å². The summed E-state index contributed by atoms with van der Waals surface area (Å²) in [6, 6.07) is 10.8. The first-order valence-corrected chi connectivity index (χ1v) is 8.18. The van der Waals surface area contributed by atoms with Crippen LogP contribution in [0, 0.1) is 5.92 Å². The number of benzene rings is 1. The lowest BCUT2D eigenvalue weighted by Gasteiger charge is -2.28. The lowest BCUT2D eigenvalue weighted by molar-refractivity contribution is -0.151. The lowest BCUT2D eigenvalue weighted by Crippen LogP contribution is -2.34. The van der Waals surface area contributed by atoms with Crippen LogP contribution in [-0.4, -0.2) is 18.4 Å². The first-order valence-electron chi connectivity index (χ1n) is 7.80. The molecule has 0 unspecified atom stereocenters. The third-order valence-corrected chi connectivity index (χ3v) is 4.36.